The van der Waals surface area contributed by atoms with E-state index in [0.717, 1.165) is 12.1 Å². The molecule has 0 aliphatic carbocycles. The van der Waals surface area contributed by atoms with Crippen LogP contribution >= 0.6 is 11.6 Å². The summed E-state index contributed by atoms with van der Waals surface area (Å²) in [5.41, 5.74) is -5.32. The van der Waals surface area contributed by atoms with Gasteiger partial charge in [0.2, 0.25) is 0 Å². The monoisotopic (exact) mass is 467 g/mol. The molecule has 2 aromatic carbocycles. The molecule has 3 aromatic rings. The van der Waals surface area contributed by atoms with Crippen LogP contribution in [0, 0.1) is 10.1 Å². The van der Waals surface area contributed by atoms with Gasteiger partial charge in [-0.2, -0.15) is 35.7 Å². The van der Waals surface area contributed by atoms with Gasteiger partial charge in [-0.15, -0.1) is 0 Å². The van der Waals surface area contributed by atoms with Gasteiger partial charge in [-0.3, -0.25) is 10.1 Å². The fourth-order valence-corrected chi connectivity index (χ4v) is 2.84. The van der Waals surface area contributed by atoms with Gasteiger partial charge in [0, 0.05) is 6.07 Å². The Labute approximate surface area is 172 Å². The molecule has 0 fully saturated rings. The average Bonchev–Trinajstić information content (AvgIpc) is 3.00. The maximum absolute atomic E-state index is 13.0. The summed E-state index contributed by atoms with van der Waals surface area (Å²) in [7, 11) is 0. The van der Waals surface area contributed by atoms with E-state index in [-0.39, 0.29) is 27.9 Å². The van der Waals surface area contributed by atoms with E-state index in [1.165, 1.54) is 6.07 Å². The van der Waals surface area contributed by atoms with Crippen LogP contribution in [-0.4, -0.2) is 24.7 Å². The van der Waals surface area contributed by atoms with E-state index in [1.54, 1.807) is 0 Å². The Kier molecular flexibility index (Phi) is 5.52. The molecule has 0 saturated carbocycles. The third-order valence-corrected chi connectivity index (χ3v) is 4.30. The molecular weight excluding hydrogens is 460 g/mol. The van der Waals surface area contributed by atoms with Crippen molar-refractivity contribution >= 4 is 17.3 Å². The number of halogens is 7. The summed E-state index contributed by atoms with van der Waals surface area (Å²) in [5, 5.41) is 17.3. The molecule has 3 rings (SSSR count). The first-order valence-corrected chi connectivity index (χ1v) is 8.40. The van der Waals surface area contributed by atoms with Gasteiger partial charge in [-0.05, 0) is 40.3 Å². The molecule has 0 aliphatic rings. The second-order valence-corrected chi connectivity index (χ2v) is 6.55. The number of nitro groups is 1. The van der Waals surface area contributed by atoms with Crippen molar-refractivity contribution in [2.75, 3.05) is 0 Å². The Balaban J connectivity index is 2.03. The average molecular weight is 468 g/mol. The van der Waals surface area contributed by atoms with Crippen molar-refractivity contribution in [2.24, 2.45) is 0 Å². The number of hydrogen-bond donors (Lipinski definition) is 0. The van der Waals surface area contributed by atoms with Crippen molar-refractivity contribution in [1.29, 1.82) is 0 Å². The van der Waals surface area contributed by atoms with Crippen LogP contribution in [0.15, 0.2) is 41.2 Å². The standard InChI is InChI=1S/C16H8ClF6N5O3/c17-12-3-8(1-2-13(12)28(30)31)7-26-14(29)27(25-24-26)11-5-9(15(18,19)20)4-10(6-11)16(21,22)23/h1-6H,7H2. The third kappa shape index (κ3) is 4.68. The molecule has 0 saturated heterocycles. The summed E-state index contributed by atoms with van der Waals surface area (Å²) in [6, 6.07) is 4.06. The smallest absolute Gasteiger partial charge is 0.258 e. The molecule has 8 nitrogen and oxygen atoms in total. The van der Waals surface area contributed by atoms with E-state index in [2.05, 4.69) is 10.4 Å². The van der Waals surface area contributed by atoms with Gasteiger partial charge in [0.1, 0.15) is 5.02 Å². The Morgan fingerprint density at radius 2 is 1.55 bits per heavy atom. The predicted octanol–water partition coefficient (Wildman–Crippen LogP) is 4.08. The maximum atomic E-state index is 13.0. The van der Waals surface area contributed by atoms with E-state index in [1.807, 2.05) is 0 Å². The van der Waals surface area contributed by atoms with Crippen LogP contribution in [-0.2, 0) is 18.9 Å². The topological polar surface area (TPSA) is 95.8 Å². The van der Waals surface area contributed by atoms with Crippen LogP contribution < -0.4 is 5.69 Å². The molecule has 1 heterocycles. The van der Waals surface area contributed by atoms with Crippen molar-refractivity contribution < 1.29 is 31.3 Å². The van der Waals surface area contributed by atoms with Gasteiger partial charge in [-0.25, -0.2) is 4.79 Å². The van der Waals surface area contributed by atoms with Crippen LogP contribution in [0.2, 0.25) is 5.02 Å². The zero-order chi connectivity index (χ0) is 23.1. The molecule has 15 heteroatoms. The number of aromatic nitrogens is 4. The minimum atomic E-state index is -5.11. The number of nitrogens with zero attached hydrogens (tertiary/aromatic N) is 5. The molecule has 0 N–H and O–H groups in total. The van der Waals surface area contributed by atoms with Crippen molar-refractivity contribution in [3.8, 4) is 5.69 Å². The summed E-state index contributed by atoms with van der Waals surface area (Å²) in [6.45, 7) is -0.346. The highest BCUT2D eigenvalue weighted by Crippen LogP contribution is 2.36. The van der Waals surface area contributed by atoms with E-state index < -0.39 is 45.5 Å². The highest BCUT2D eigenvalue weighted by atomic mass is 35.5. The molecule has 0 bridgehead atoms. The van der Waals surface area contributed by atoms with Gasteiger partial charge in [0.05, 0.1) is 28.3 Å². The lowest BCUT2D eigenvalue weighted by Gasteiger charge is -2.13. The van der Waals surface area contributed by atoms with Gasteiger partial charge >= 0.3 is 18.0 Å². The quantitative estimate of drug-likeness (QED) is 0.327. The number of nitro benzene ring substituents is 1. The number of tetrazole rings is 1. The number of hydrogen-bond acceptors (Lipinski definition) is 5. The van der Waals surface area contributed by atoms with Crippen molar-refractivity contribution in [2.45, 2.75) is 18.9 Å². The van der Waals surface area contributed by atoms with Gasteiger partial charge in [-0.1, -0.05) is 17.7 Å². The molecule has 0 unspecified atom stereocenters. The maximum Gasteiger partial charge on any atom is 0.416 e. The lowest BCUT2D eigenvalue weighted by Crippen LogP contribution is -2.25. The zero-order valence-corrected chi connectivity index (χ0v) is 15.5. The Morgan fingerprint density at radius 1 is 0.968 bits per heavy atom. The summed E-state index contributed by atoms with van der Waals surface area (Å²) in [4.78, 5) is 22.5. The predicted molar refractivity (Wildman–Crippen MR) is 92.8 cm³/mol. The molecule has 0 amide bonds. The van der Waals surface area contributed by atoms with Crippen molar-refractivity contribution in [3.63, 3.8) is 0 Å². The van der Waals surface area contributed by atoms with E-state index in [4.69, 9.17) is 11.6 Å². The fraction of sp³-hybridized carbons (Fsp3) is 0.188. The molecule has 164 valence electrons. The molecular formula is C16H8ClF6N5O3. The molecule has 0 aliphatic heterocycles. The Bertz CT molecular complexity index is 1190. The van der Waals surface area contributed by atoms with Crippen LogP contribution in [0.4, 0.5) is 32.0 Å². The Morgan fingerprint density at radius 3 is 2.03 bits per heavy atom. The molecule has 1 aromatic heterocycles. The minimum absolute atomic E-state index is 0.0855. The first-order chi connectivity index (χ1) is 14.3. The van der Waals surface area contributed by atoms with Crippen molar-refractivity contribution in [1.82, 2.24) is 19.8 Å². The van der Waals surface area contributed by atoms with Gasteiger partial charge in [0.25, 0.3) is 5.69 Å². The van der Waals surface area contributed by atoms with Gasteiger partial charge < -0.3 is 0 Å². The molecule has 31 heavy (non-hydrogen) atoms. The zero-order valence-electron chi connectivity index (χ0n) is 14.8. The second-order valence-electron chi connectivity index (χ2n) is 6.14. The SMILES string of the molecule is O=c1n(Cc2ccc([N+](=O)[O-])c(Cl)c2)nnn1-c1cc(C(F)(F)F)cc(C(F)(F)F)c1. The highest BCUT2D eigenvalue weighted by molar-refractivity contribution is 6.32. The van der Waals surface area contributed by atoms with Crippen molar-refractivity contribution in [3.05, 3.63) is 78.7 Å². The second kappa shape index (κ2) is 7.68. The summed E-state index contributed by atoms with van der Waals surface area (Å²) < 4.78 is 79.0. The summed E-state index contributed by atoms with van der Waals surface area (Å²) in [6.07, 6.45) is -10.2. The van der Waals surface area contributed by atoms with Crippen LogP contribution in [0.3, 0.4) is 0 Å². The number of rotatable bonds is 4. The highest BCUT2D eigenvalue weighted by Gasteiger charge is 2.37. The molecule has 0 spiro atoms. The molecule has 0 radical (unpaired) electrons. The lowest BCUT2D eigenvalue weighted by atomic mass is 10.1. The van der Waals surface area contributed by atoms with Crippen LogP contribution in [0.25, 0.3) is 5.69 Å². The Hall–Kier alpha value is -3.42. The van der Waals surface area contributed by atoms with Crippen LogP contribution in [0.5, 0.6) is 0 Å². The van der Waals surface area contributed by atoms with E-state index in [0.29, 0.717) is 16.8 Å². The van der Waals surface area contributed by atoms with Gasteiger partial charge in [0.15, 0.2) is 0 Å². The number of benzene rings is 2. The largest absolute Gasteiger partial charge is 0.416 e. The normalized spacial score (nSPS) is 12.2. The first kappa shape index (κ1) is 22.3. The summed E-state index contributed by atoms with van der Waals surface area (Å²) in [5.74, 6) is 0. The van der Waals surface area contributed by atoms with E-state index in [9.17, 15) is 41.3 Å². The summed E-state index contributed by atoms with van der Waals surface area (Å²) >= 11 is 5.77. The third-order valence-electron chi connectivity index (χ3n) is 4.00. The number of alkyl halides is 6. The van der Waals surface area contributed by atoms with Crippen LogP contribution in [0.1, 0.15) is 16.7 Å². The first-order valence-electron chi connectivity index (χ1n) is 8.03. The van der Waals surface area contributed by atoms with E-state index >= 15 is 0 Å². The lowest BCUT2D eigenvalue weighted by molar-refractivity contribution is -0.384. The fourth-order valence-electron chi connectivity index (χ4n) is 2.57. The molecule has 0 atom stereocenters. The minimum Gasteiger partial charge on any atom is -0.258 e.